The molecule has 98 valence electrons. The number of alkyl halides is 1. The van der Waals surface area contributed by atoms with Gasteiger partial charge >= 0.3 is 0 Å². The molecule has 0 heterocycles. The van der Waals surface area contributed by atoms with Crippen molar-refractivity contribution in [2.45, 2.75) is 46.5 Å². The van der Waals surface area contributed by atoms with Gasteiger partial charge in [-0.1, -0.05) is 17.7 Å². The number of hydrogen-bond acceptors (Lipinski definition) is 0. The van der Waals surface area contributed by atoms with Gasteiger partial charge in [-0.2, -0.15) is 0 Å². The summed E-state index contributed by atoms with van der Waals surface area (Å²) in [4.78, 5) is 0. The Morgan fingerprint density at radius 1 is 1.11 bits per heavy atom. The average molecular weight is 263 g/mol. The highest BCUT2D eigenvalue weighted by molar-refractivity contribution is 6.18. The lowest BCUT2D eigenvalue weighted by molar-refractivity contribution is 0.302. The second-order valence-electron chi connectivity index (χ2n) is 6.85. The lowest BCUT2D eigenvalue weighted by Crippen LogP contribution is -2.25. The summed E-state index contributed by atoms with van der Waals surface area (Å²) < 4.78 is 0. The van der Waals surface area contributed by atoms with Crippen LogP contribution in [0.4, 0.5) is 0 Å². The predicted molar refractivity (Wildman–Crippen MR) is 78.3 cm³/mol. The number of hydrogen-bond donors (Lipinski definition) is 0. The summed E-state index contributed by atoms with van der Waals surface area (Å²) in [6, 6.07) is 4.64. The fourth-order valence-electron chi connectivity index (χ4n) is 4.17. The van der Waals surface area contributed by atoms with Gasteiger partial charge in [0.05, 0.1) is 0 Å². The van der Waals surface area contributed by atoms with Gasteiger partial charge in [-0.3, -0.25) is 0 Å². The molecule has 0 amide bonds. The van der Waals surface area contributed by atoms with Gasteiger partial charge < -0.3 is 0 Å². The van der Waals surface area contributed by atoms with Crippen molar-refractivity contribution >= 4 is 11.6 Å². The minimum Gasteiger partial charge on any atom is -0.126 e. The molecule has 2 aliphatic carbocycles. The monoisotopic (exact) mass is 262 g/mol. The van der Waals surface area contributed by atoms with E-state index in [1.54, 1.807) is 5.56 Å². The van der Waals surface area contributed by atoms with E-state index in [0.717, 1.165) is 17.7 Å². The largest absolute Gasteiger partial charge is 0.126 e. The molecule has 1 heteroatoms. The molecule has 0 aromatic heterocycles. The van der Waals surface area contributed by atoms with E-state index in [0.29, 0.717) is 5.41 Å². The smallest absolute Gasteiger partial charge is 0.0283 e. The number of halogens is 1. The van der Waals surface area contributed by atoms with Crippen molar-refractivity contribution in [1.29, 1.82) is 0 Å². The lowest BCUT2D eigenvalue weighted by Gasteiger charge is -2.30. The SMILES string of the molecule is Cc1cc(C)c(CC2(CCl)CC3CC3C2)c(C)c1. The highest BCUT2D eigenvalue weighted by Crippen LogP contribution is 2.61. The fourth-order valence-corrected chi connectivity index (χ4v) is 4.48. The zero-order valence-electron chi connectivity index (χ0n) is 11.7. The van der Waals surface area contributed by atoms with Gasteiger partial charge in [-0.25, -0.2) is 0 Å². The Hall–Kier alpha value is -0.490. The third-order valence-electron chi connectivity index (χ3n) is 5.14. The second-order valence-corrected chi connectivity index (χ2v) is 7.12. The maximum absolute atomic E-state index is 6.34. The zero-order valence-corrected chi connectivity index (χ0v) is 12.5. The van der Waals surface area contributed by atoms with Crippen LogP contribution < -0.4 is 0 Å². The number of aryl methyl sites for hydroxylation is 3. The zero-order chi connectivity index (χ0) is 12.9. The van der Waals surface area contributed by atoms with Crippen molar-refractivity contribution in [3.63, 3.8) is 0 Å². The van der Waals surface area contributed by atoms with Crippen molar-refractivity contribution in [1.82, 2.24) is 0 Å². The highest BCUT2D eigenvalue weighted by atomic mass is 35.5. The first-order chi connectivity index (χ1) is 8.53. The van der Waals surface area contributed by atoms with E-state index >= 15 is 0 Å². The van der Waals surface area contributed by atoms with Crippen LogP contribution in [0.25, 0.3) is 0 Å². The van der Waals surface area contributed by atoms with Crippen molar-refractivity contribution in [2.24, 2.45) is 17.3 Å². The lowest BCUT2D eigenvalue weighted by atomic mass is 9.77. The van der Waals surface area contributed by atoms with Crippen LogP contribution >= 0.6 is 11.6 Å². The van der Waals surface area contributed by atoms with E-state index < -0.39 is 0 Å². The molecular weight excluding hydrogens is 240 g/mol. The maximum Gasteiger partial charge on any atom is 0.0283 e. The summed E-state index contributed by atoms with van der Waals surface area (Å²) in [6.07, 6.45) is 5.41. The molecule has 0 spiro atoms. The molecule has 1 aromatic rings. The van der Waals surface area contributed by atoms with E-state index in [4.69, 9.17) is 11.6 Å². The highest BCUT2D eigenvalue weighted by Gasteiger charge is 2.53. The Balaban J connectivity index is 1.87. The van der Waals surface area contributed by atoms with Crippen molar-refractivity contribution in [3.8, 4) is 0 Å². The molecule has 0 N–H and O–H groups in total. The Morgan fingerprint density at radius 3 is 2.17 bits per heavy atom. The van der Waals surface area contributed by atoms with Gasteiger partial charge in [0.1, 0.15) is 0 Å². The molecule has 2 saturated carbocycles. The molecule has 0 saturated heterocycles. The number of rotatable bonds is 3. The quantitative estimate of drug-likeness (QED) is 0.686. The molecule has 3 rings (SSSR count). The van der Waals surface area contributed by atoms with Crippen LogP contribution in [0.3, 0.4) is 0 Å². The van der Waals surface area contributed by atoms with Crippen molar-refractivity contribution in [2.75, 3.05) is 5.88 Å². The third-order valence-corrected chi connectivity index (χ3v) is 5.70. The van der Waals surface area contributed by atoms with Gasteiger partial charge in [0.15, 0.2) is 0 Å². The van der Waals surface area contributed by atoms with Crippen LogP contribution in [-0.4, -0.2) is 5.88 Å². The van der Waals surface area contributed by atoms with E-state index in [-0.39, 0.29) is 0 Å². The van der Waals surface area contributed by atoms with Crippen LogP contribution in [0.2, 0.25) is 0 Å². The molecular formula is C17H23Cl. The molecule has 2 unspecified atom stereocenters. The fraction of sp³-hybridized carbons (Fsp3) is 0.647. The molecule has 2 fully saturated rings. The molecule has 0 aliphatic heterocycles. The second kappa shape index (κ2) is 4.27. The summed E-state index contributed by atoms with van der Waals surface area (Å²) in [5.74, 6) is 2.86. The van der Waals surface area contributed by atoms with Gasteiger partial charge in [-0.15, -0.1) is 11.6 Å². The topological polar surface area (TPSA) is 0 Å². The standard InChI is InChI=1S/C17H23Cl/c1-11-4-12(2)16(13(3)5-11)9-17(10-18)7-14-6-15(14)8-17/h4-5,14-15H,6-10H2,1-3H3. The third kappa shape index (κ3) is 2.09. The number of benzene rings is 1. The Bertz CT molecular complexity index is 441. The summed E-state index contributed by atoms with van der Waals surface area (Å²) in [5.41, 5.74) is 6.25. The predicted octanol–water partition coefficient (Wildman–Crippen LogP) is 4.81. The maximum atomic E-state index is 6.34. The summed E-state index contributed by atoms with van der Waals surface area (Å²) in [7, 11) is 0. The van der Waals surface area contributed by atoms with Crippen LogP contribution in [-0.2, 0) is 6.42 Å². The van der Waals surface area contributed by atoms with E-state index in [1.165, 1.54) is 42.4 Å². The van der Waals surface area contributed by atoms with Crippen LogP contribution in [0.1, 0.15) is 41.5 Å². The first-order valence-electron chi connectivity index (χ1n) is 7.16. The molecule has 2 aliphatic rings. The van der Waals surface area contributed by atoms with E-state index in [1.807, 2.05) is 0 Å². The van der Waals surface area contributed by atoms with Crippen LogP contribution in [0, 0.1) is 38.0 Å². The minimum absolute atomic E-state index is 0.403. The Labute approximate surface area is 116 Å². The molecule has 1 aromatic carbocycles. The van der Waals surface area contributed by atoms with Gasteiger partial charge in [0.25, 0.3) is 0 Å². The van der Waals surface area contributed by atoms with Gasteiger partial charge in [0.2, 0.25) is 0 Å². The first kappa shape index (κ1) is 12.5. The summed E-state index contributed by atoms with van der Waals surface area (Å²) >= 11 is 6.34. The molecule has 2 atom stereocenters. The normalized spacial score (nSPS) is 33.6. The van der Waals surface area contributed by atoms with Crippen molar-refractivity contribution in [3.05, 3.63) is 34.4 Å². The van der Waals surface area contributed by atoms with E-state index in [9.17, 15) is 0 Å². The Morgan fingerprint density at radius 2 is 1.67 bits per heavy atom. The molecule has 18 heavy (non-hydrogen) atoms. The van der Waals surface area contributed by atoms with Crippen molar-refractivity contribution < 1.29 is 0 Å². The molecule has 0 bridgehead atoms. The van der Waals surface area contributed by atoms with Gasteiger partial charge in [0, 0.05) is 5.88 Å². The first-order valence-corrected chi connectivity index (χ1v) is 7.69. The van der Waals surface area contributed by atoms with Gasteiger partial charge in [-0.05, 0) is 80.4 Å². The van der Waals surface area contributed by atoms with Crippen LogP contribution in [0.5, 0.6) is 0 Å². The minimum atomic E-state index is 0.403. The summed E-state index contributed by atoms with van der Waals surface area (Å²) in [6.45, 7) is 6.70. The summed E-state index contributed by atoms with van der Waals surface area (Å²) in [5, 5.41) is 0. The van der Waals surface area contributed by atoms with Crippen LogP contribution in [0.15, 0.2) is 12.1 Å². The molecule has 0 radical (unpaired) electrons. The number of fused-ring (bicyclic) bond motifs is 1. The average Bonchev–Trinajstić information content (AvgIpc) is 2.92. The van der Waals surface area contributed by atoms with E-state index in [2.05, 4.69) is 32.9 Å². The molecule has 0 nitrogen and oxygen atoms in total. The Kier molecular flexibility index (Phi) is 2.97.